The van der Waals surface area contributed by atoms with Crippen molar-refractivity contribution in [1.82, 2.24) is 5.32 Å². The van der Waals surface area contributed by atoms with E-state index in [1.54, 1.807) is 7.11 Å². The summed E-state index contributed by atoms with van der Waals surface area (Å²) in [6.07, 6.45) is 0.832. The first-order valence-electron chi connectivity index (χ1n) is 4.91. The quantitative estimate of drug-likeness (QED) is 0.668. The molecule has 0 aliphatic carbocycles. The standard InChI is InChI=1S/C10H19NO3/c1-10(2,3)14-9(12)8-5-7(13-4)6-11-8/h7-8,11H,5-6H2,1-4H3/t7?,8-/m0/s1. The molecule has 1 saturated heterocycles. The van der Waals surface area contributed by atoms with Crippen LogP contribution in [0.3, 0.4) is 0 Å². The number of carbonyl (C=O) groups excluding carboxylic acids is 1. The van der Waals surface area contributed by atoms with E-state index in [-0.39, 0.29) is 18.1 Å². The molecule has 4 nitrogen and oxygen atoms in total. The molecule has 1 N–H and O–H groups in total. The van der Waals surface area contributed by atoms with Crippen molar-refractivity contribution >= 4 is 5.97 Å². The summed E-state index contributed by atoms with van der Waals surface area (Å²) in [5.74, 6) is -0.183. The van der Waals surface area contributed by atoms with Crippen LogP contribution in [0.15, 0.2) is 0 Å². The number of rotatable bonds is 2. The highest BCUT2D eigenvalue weighted by atomic mass is 16.6. The maximum atomic E-state index is 11.6. The molecule has 1 unspecified atom stereocenters. The van der Waals surface area contributed by atoms with Crippen LogP contribution in [0.2, 0.25) is 0 Å². The van der Waals surface area contributed by atoms with E-state index in [4.69, 9.17) is 9.47 Å². The van der Waals surface area contributed by atoms with Crippen molar-refractivity contribution < 1.29 is 14.3 Å². The second-order valence-electron chi connectivity index (χ2n) is 4.59. The summed E-state index contributed by atoms with van der Waals surface area (Å²) in [5, 5.41) is 3.08. The SMILES string of the molecule is COC1CN[C@H](C(=O)OC(C)(C)C)C1. The minimum absolute atomic E-state index is 0.132. The van der Waals surface area contributed by atoms with Gasteiger partial charge in [0.25, 0.3) is 0 Å². The van der Waals surface area contributed by atoms with E-state index >= 15 is 0 Å². The lowest BCUT2D eigenvalue weighted by molar-refractivity contribution is -0.157. The number of carbonyl (C=O) groups is 1. The summed E-state index contributed by atoms with van der Waals surface area (Å²) >= 11 is 0. The van der Waals surface area contributed by atoms with Gasteiger partial charge < -0.3 is 14.8 Å². The van der Waals surface area contributed by atoms with E-state index in [1.807, 2.05) is 20.8 Å². The first-order valence-corrected chi connectivity index (χ1v) is 4.91. The number of esters is 1. The fourth-order valence-corrected chi connectivity index (χ4v) is 1.44. The van der Waals surface area contributed by atoms with E-state index in [0.29, 0.717) is 6.42 Å². The fraction of sp³-hybridized carbons (Fsp3) is 0.900. The lowest BCUT2D eigenvalue weighted by Crippen LogP contribution is -2.37. The van der Waals surface area contributed by atoms with Crippen LogP contribution in [0.1, 0.15) is 27.2 Å². The van der Waals surface area contributed by atoms with Crippen LogP contribution in [-0.4, -0.2) is 37.4 Å². The van der Waals surface area contributed by atoms with Crippen LogP contribution < -0.4 is 5.32 Å². The van der Waals surface area contributed by atoms with Gasteiger partial charge in [0.2, 0.25) is 0 Å². The highest BCUT2D eigenvalue weighted by Crippen LogP contribution is 2.15. The molecular weight excluding hydrogens is 182 g/mol. The molecule has 1 heterocycles. The van der Waals surface area contributed by atoms with Crippen molar-refractivity contribution in [1.29, 1.82) is 0 Å². The van der Waals surface area contributed by atoms with Crippen LogP contribution in [0.4, 0.5) is 0 Å². The molecule has 2 atom stereocenters. The largest absolute Gasteiger partial charge is 0.459 e. The molecule has 1 aliphatic heterocycles. The minimum Gasteiger partial charge on any atom is -0.459 e. The van der Waals surface area contributed by atoms with Gasteiger partial charge in [-0.25, -0.2) is 0 Å². The molecule has 1 rings (SSSR count). The van der Waals surface area contributed by atoms with Gasteiger partial charge in [0.15, 0.2) is 0 Å². The minimum atomic E-state index is -0.413. The molecule has 0 bridgehead atoms. The Bertz CT molecular complexity index is 210. The van der Waals surface area contributed by atoms with Gasteiger partial charge in [0, 0.05) is 20.1 Å². The number of ether oxygens (including phenoxy) is 2. The molecule has 0 amide bonds. The predicted molar refractivity (Wildman–Crippen MR) is 53.0 cm³/mol. The van der Waals surface area contributed by atoms with Gasteiger partial charge in [0.1, 0.15) is 11.6 Å². The molecule has 1 fully saturated rings. The molecule has 0 aromatic heterocycles. The molecule has 0 radical (unpaired) electrons. The third-order valence-corrected chi connectivity index (χ3v) is 2.12. The zero-order chi connectivity index (χ0) is 10.8. The molecule has 0 spiro atoms. The summed E-state index contributed by atoms with van der Waals surface area (Å²) < 4.78 is 10.4. The lowest BCUT2D eigenvalue weighted by Gasteiger charge is -2.21. The smallest absolute Gasteiger partial charge is 0.323 e. The molecule has 0 aromatic carbocycles. The van der Waals surface area contributed by atoms with Gasteiger partial charge >= 0.3 is 5.97 Å². The van der Waals surface area contributed by atoms with Gasteiger partial charge in [-0.3, -0.25) is 4.79 Å². The Balaban J connectivity index is 2.40. The third kappa shape index (κ3) is 3.27. The zero-order valence-corrected chi connectivity index (χ0v) is 9.29. The number of methoxy groups -OCH3 is 1. The van der Waals surface area contributed by atoms with Crippen molar-refractivity contribution in [3.8, 4) is 0 Å². The molecule has 1 aliphatic rings. The monoisotopic (exact) mass is 201 g/mol. The molecule has 82 valence electrons. The van der Waals surface area contributed by atoms with Crippen LogP contribution in [0.25, 0.3) is 0 Å². The van der Waals surface area contributed by atoms with Gasteiger partial charge in [0.05, 0.1) is 6.10 Å². The normalized spacial score (nSPS) is 27.7. The van der Waals surface area contributed by atoms with Crippen LogP contribution in [0.5, 0.6) is 0 Å². The van der Waals surface area contributed by atoms with Gasteiger partial charge in [-0.05, 0) is 20.8 Å². The topological polar surface area (TPSA) is 47.6 Å². The second-order valence-corrected chi connectivity index (χ2v) is 4.59. The van der Waals surface area contributed by atoms with Crippen molar-refractivity contribution in [3.05, 3.63) is 0 Å². The number of nitrogens with one attached hydrogen (secondary N) is 1. The second kappa shape index (κ2) is 4.28. The Morgan fingerprint density at radius 1 is 1.43 bits per heavy atom. The van der Waals surface area contributed by atoms with Crippen LogP contribution in [0, 0.1) is 0 Å². The molecule has 4 heteroatoms. The van der Waals surface area contributed by atoms with E-state index in [9.17, 15) is 4.79 Å². The van der Waals surface area contributed by atoms with Crippen LogP contribution in [-0.2, 0) is 14.3 Å². The lowest BCUT2D eigenvalue weighted by atomic mass is 10.1. The predicted octanol–water partition coefficient (Wildman–Crippen LogP) is 0.705. The average Bonchev–Trinajstić information content (AvgIpc) is 2.48. The Labute approximate surface area is 85.0 Å². The molecule has 0 saturated carbocycles. The van der Waals surface area contributed by atoms with Gasteiger partial charge in [-0.1, -0.05) is 0 Å². The Morgan fingerprint density at radius 2 is 2.07 bits per heavy atom. The summed E-state index contributed by atoms with van der Waals surface area (Å²) in [6.45, 7) is 6.33. The van der Waals surface area contributed by atoms with Crippen molar-refractivity contribution in [3.63, 3.8) is 0 Å². The first-order chi connectivity index (χ1) is 6.42. The summed E-state index contributed by atoms with van der Waals surface area (Å²) in [7, 11) is 1.66. The van der Waals surface area contributed by atoms with E-state index in [1.165, 1.54) is 0 Å². The average molecular weight is 201 g/mol. The van der Waals surface area contributed by atoms with E-state index in [2.05, 4.69) is 5.32 Å². The Morgan fingerprint density at radius 3 is 2.50 bits per heavy atom. The van der Waals surface area contributed by atoms with Gasteiger partial charge in [-0.2, -0.15) is 0 Å². The third-order valence-electron chi connectivity index (χ3n) is 2.12. The summed E-state index contributed by atoms with van der Waals surface area (Å²) in [5.41, 5.74) is -0.413. The Hall–Kier alpha value is -0.610. The Kier molecular flexibility index (Phi) is 3.50. The number of hydrogen-bond donors (Lipinski definition) is 1. The zero-order valence-electron chi connectivity index (χ0n) is 9.29. The van der Waals surface area contributed by atoms with E-state index in [0.717, 1.165) is 6.54 Å². The van der Waals surface area contributed by atoms with Gasteiger partial charge in [-0.15, -0.1) is 0 Å². The van der Waals surface area contributed by atoms with E-state index < -0.39 is 5.60 Å². The summed E-state index contributed by atoms with van der Waals surface area (Å²) in [6, 6.07) is -0.209. The van der Waals surface area contributed by atoms with Crippen molar-refractivity contribution in [2.75, 3.05) is 13.7 Å². The maximum absolute atomic E-state index is 11.6. The molecular formula is C10H19NO3. The van der Waals surface area contributed by atoms with Crippen molar-refractivity contribution in [2.24, 2.45) is 0 Å². The van der Waals surface area contributed by atoms with Crippen molar-refractivity contribution in [2.45, 2.75) is 44.9 Å². The summed E-state index contributed by atoms with van der Waals surface area (Å²) in [4.78, 5) is 11.6. The molecule has 0 aromatic rings. The first kappa shape index (κ1) is 11.5. The number of hydrogen-bond acceptors (Lipinski definition) is 4. The highest BCUT2D eigenvalue weighted by Gasteiger charge is 2.32. The maximum Gasteiger partial charge on any atom is 0.323 e. The van der Waals surface area contributed by atoms with Crippen LogP contribution >= 0.6 is 0 Å². The fourth-order valence-electron chi connectivity index (χ4n) is 1.44. The molecule has 14 heavy (non-hydrogen) atoms. The highest BCUT2D eigenvalue weighted by molar-refractivity contribution is 5.76.